The fraction of sp³-hybridized carbons (Fsp3) is 0.286. The average Bonchev–Trinajstić information content (AvgIpc) is 3.33. The zero-order valence-corrected chi connectivity index (χ0v) is 15.0. The van der Waals surface area contributed by atoms with Gasteiger partial charge in [0, 0.05) is 12.6 Å². The Hall–Kier alpha value is -2.95. The van der Waals surface area contributed by atoms with E-state index in [-0.39, 0.29) is 0 Å². The minimum absolute atomic E-state index is 0.349. The molecule has 0 bridgehead atoms. The van der Waals surface area contributed by atoms with Crippen molar-refractivity contribution in [3.8, 4) is 11.3 Å². The first-order chi connectivity index (χ1) is 12.7. The largest absolute Gasteiger partial charge is 0.323 e. The van der Waals surface area contributed by atoms with Gasteiger partial charge in [0.25, 0.3) is 0 Å². The first-order valence-electron chi connectivity index (χ1n) is 9.10. The smallest absolute Gasteiger partial charge is 0.0964 e. The van der Waals surface area contributed by atoms with Gasteiger partial charge in [0.1, 0.15) is 0 Å². The van der Waals surface area contributed by atoms with Crippen LogP contribution in [0.5, 0.6) is 0 Å². The molecule has 0 saturated heterocycles. The highest BCUT2D eigenvalue weighted by Gasteiger charge is 2.34. The lowest BCUT2D eigenvalue weighted by atomic mass is 10.0. The molecule has 0 unspecified atom stereocenters. The van der Waals surface area contributed by atoms with Gasteiger partial charge in [0.05, 0.1) is 34.8 Å². The van der Waals surface area contributed by atoms with Crippen molar-refractivity contribution < 1.29 is 0 Å². The molecule has 26 heavy (non-hydrogen) atoms. The number of hydrogen-bond donors (Lipinski definition) is 0. The summed E-state index contributed by atoms with van der Waals surface area (Å²) in [6, 6.07) is 17.6. The van der Waals surface area contributed by atoms with Crippen molar-refractivity contribution in [2.24, 2.45) is 13.0 Å². The fourth-order valence-electron chi connectivity index (χ4n) is 3.97. The van der Waals surface area contributed by atoms with Crippen molar-refractivity contribution in [3.05, 3.63) is 66.1 Å². The van der Waals surface area contributed by atoms with Crippen LogP contribution in [0.3, 0.4) is 0 Å². The minimum Gasteiger partial charge on any atom is -0.323 e. The van der Waals surface area contributed by atoms with Crippen LogP contribution in [0.4, 0.5) is 0 Å². The Bertz CT molecular complexity index is 1050. The molecule has 1 atom stereocenters. The Labute approximate surface area is 152 Å². The van der Waals surface area contributed by atoms with Crippen LogP contribution in [0.15, 0.2) is 54.9 Å². The van der Waals surface area contributed by atoms with E-state index in [1.165, 1.54) is 23.9 Å². The third-order valence-electron chi connectivity index (χ3n) is 5.35. The summed E-state index contributed by atoms with van der Waals surface area (Å²) in [6.45, 7) is 2.00. The van der Waals surface area contributed by atoms with Crippen LogP contribution in [-0.2, 0) is 7.05 Å². The van der Waals surface area contributed by atoms with E-state index < -0.39 is 0 Å². The number of nitrogens with zero attached hydrogens (tertiary/aromatic N) is 5. The summed E-state index contributed by atoms with van der Waals surface area (Å²) < 4.78 is 4.19. The second-order valence-corrected chi connectivity index (χ2v) is 7.20. The highest BCUT2D eigenvalue weighted by Crippen LogP contribution is 2.44. The molecule has 5 rings (SSSR count). The highest BCUT2D eigenvalue weighted by atomic mass is 15.4. The van der Waals surface area contributed by atoms with Crippen LogP contribution < -0.4 is 0 Å². The summed E-state index contributed by atoms with van der Waals surface area (Å²) in [6.07, 6.45) is 4.56. The van der Waals surface area contributed by atoms with E-state index in [1.807, 2.05) is 25.0 Å². The monoisotopic (exact) mass is 343 g/mol. The summed E-state index contributed by atoms with van der Waals surface area (Å²) in [5.74, 6) is 0.693. The van der Waals surface area contributed by atoms with Crippen LogP contribution in [0.2, 0.25) is 0 Å². The van der Waals surface area contributed by atoms with Crippen molar-refractivity contribution in [3.63, 3.8) is 0 Å². The number of benzene rings is 2. The lowest BCUT2D eigenvalue weighted by Crippen LogP contribution is -2.11. The maximum atomic E-state index is 4.67. The molecule has 1 aliphatic carbocycles. The molecular formula is C21H21N5. The molecule has 1 fully saturated rings. The molecule has 0 aliphatic heterocycles. The van der Waals surface area contributed by atoms with Crippen molar-refractivity contribution >= 4 is 11.0 Å². The zero-order valence-electron chi connectivity index (χ0n) is 15.0. The summed E-state index contributed by atoms with van der Waals surface area (Å²) in [4.78, 5) is 4.67. The third-order valence-corrected chi connectivity index (χ3v) is 5.35. The van der Waals surface area contributed by atoms with Gasteiger partial charge >= 0.3 is 0 Å². The van der Waals surface area contributed by atoms with E-state index in [9.17, 15) is 0 Å². The predicted octanol–water partition coefficient (Wildman–Crippen LogP) is 4.14. The molecule has 1 saturated carbocycles. The molecule has 0 spiro atoms. The van der Waals surface area contributed by atoms with Gasteiger partial charge in [-0.25, -0.2) is 9.67 Å². The van der Waals surface area contributed by atoms with Crippen molar-refractivity contribution in [1.29, 1.82) is 0 Å². The Balaban J connectivity index is 1.68. The lowest BCUT2D eigenvalue weighted by molar-refractivity contribution is 0.532. The predicted molar refractivity (Wildman–Crippen MR) is 102 cm³/mol. The highest BCUT2D eigenvalue weighted by molar-refractivity contribution is 5.82. The van der Waals surface area contributed by atoms with E-state index in [0.717, 1.165) is 22.5 Å². The first kappa shape index (κ1) is 15.3. The van der Waals surface area contributed by atoms with Crippen molar-refractivity contribution in [2.75, 3.05) is 0 Å². The van der Waals surface area contributed by atoms with Gasteiger partial charge in [0.15, 0.2) is 0 Å². The Morgan fingerprint density at radius 2 is 1.88 bits per heavy atom. The third kappa shape index (κ3) is 2.43. The molecule has 0 radical (unpaired) electrons. The minimum atomic E-state index is 0.349. The molecule has 130 valence electrons. The van der Waals surface area contributed by atoms with Gasteiger partial charge in [0.2, 0.25) is 0 Å². The number of imidazole rings is 1. The summed E-state index contributed by atoms with van der Waals surface area (Å²) in [5, 5.41) is 8.34. The molecule has 0 amide bonds. The van der Waals surface area contributed by atoms with Crippen LogP contribution in [0.1, 0.15) is 30.1 Å². The molecular weight excluding hydrogens is 322 g/mol. The molecule has 4 aromatic rings. The SMILES string of the molecule is Cc1nnn(C)c1-c1ccc2ncn([C@H](c3ccccc3)C3CC3)c2c1. The Kier molecular flexibility index (Phi) is 3.42. The second kappa shape index (κ2) is 5.80. The quantitative estimate of drug-likeness (QED) is 0.559. The number of hydrogen-bond acceptors (Lipinski definition) is 3. The molecule has 5 heteroatoms. The number of fused-ring (bicyclic) bond motifs is 1. The van der Waals surface area contributed by atoms with E-state index in [4.69, 9.17) is 0 Å². The topological polar surface area (TPSA) is 48.5 Å². The van der Waals surface area contributed by atoms with Gasteiger partial charge in [-0.2, -0.15) is 0 Å². The second-order valence-electron chi connectivity index (χ2n) is 7.20. The van der Waals surface area contributed by atoms with Gasteiger partial charge in [-0.05, 0) is 43.4 Å². The van der Waals surface area contributed by atoms with Gasteiger partial charge < -0.3 is 4.57 Å². The van der Waals surface area contributed by atoms with E-state index >= 15 is 0 Å². The fourth-order valence-corrected chi connectivity index (χ4v) is 3.97. The Morgan fingerprint density at radius 3 is 2.58 bits per heavy atom. The molecule has 2 heterocycles. The van der Waals surface area contributed by atoms with Crippen molar-refractivity contribution in [2.45, 2.75) is 25.8 Å². The first-order valence-corrected chi connectivity index (χ1v) is 9.10. The van der Waals surface area contributed by atoms with Crippen LogP contribution in [0, 0.1) is 12.8 Å². The van der Waals surface area contributed by atoms with Crippen LogP contribution in [-0.4, -0.2) is 24.5 Å². The maximum Gasteiger partial charge on any atom is 0.0964 e. The summed E-state index contributed by atoms with van der Waals surface area (Å²) in [5.41, 5.74) is 6.69. The van der Waals surface area contributed by atoms with E-state index in [0.29, 0.717) is 12.0 Å². The summed E-state index contributed by atoms with van der Waals surface area (Å²) in [7, 11) is 1.94. The average molecular weight is 343 g/mol. The van der Waals surface area contributed by atoms with Gasteiger partial charge in [-0.15, -0.1) is 5.10 Å². The zero-order chi connectivity index (χ0) is 17.7. The van der Waals surface area contributed by atoms with E-state index in [2.05, 4.69) is 68.4 Å². The molecule has 2 aromatic carbocycles. The maximum absolute atomic E-state index is 4.67. The van der Waals surface area contributed by atoms with Gasteiger partial charge in [-0.1, -0.05) is 41.6 Å². The van der Waals surface area contributed by atoms with Crippen LogP contribution in [0.25, 0.3) is 22.3 Å². The molecule has 2 aromatic heterocycles. The Morgan fingerprint density at radius 1 is 1.08 bits per heavy atom. The van der Waals surface area contributed by atoms with Gasteiger partial charge in [-0.3, -0.25) is 0 Å². The summed E-state index contributed by atoms with van der Waals surface area (Å²) >= 11 is 0. The number of aromatic nitrogens is 5. The number of rotatable bonds is 4. The van der Waals surface area contributed by atoms with E-state index in [1.54, 1.807) is 0 Å². The lowest BCUT2D eigenvalue weighted by Gasteiger charge is -2.20. The number of aryl methyl sites for hydroxylation is 2. The normalized spacial score (nSPS) is 15.5. The molecule has 1 aliphatic rings. The standard InChI is InChI=1S/C21H21N5/c1-14-20(25(2)24-23-14)17-10-11-18-19(12-17)26(13-22-18)21(16-8-9-16)15-6-4-3-5-7-15/h3-7,10-13,16,21H,8-9H2,1-2H3/t21-/m1/s1. The molecule has 5 nitrogen and oxygen atoms in total. The molecule has 0 N–H and O–H groups in total. The van der Waals surface area contributed by atoms with Crippen LogP contribution >= 0.6 is 0 Å². The van der Waals surface area contributed by atoms with Crippen molar-refractivity contribution in [1.82, 2.24) is 24.5 Å².